The monoisotopic (exact) mass is 272 g/mol. The molecule has 0 spiro atoms. The Morgan fingerprint density at radius 2 is 2.10 bits per heavy atom. The zero-order valence-electron chi connectivity index (χ0n) is 11.9. The first kappa shape index (κ1) is 14.3. The van der Waals surface area contributed by atoms with Crippen LogP contribution < -0.4 is 10.6 Å². The highest BCUT2D eigenvalue weighted by molar-refractivity contribution is 5.84. The number of amides is 2. The predicted octanol–water partition coefficient (Wildman–Crippen LogP) is 1.60. The van der Waals surface area contributed by atoms with Gasteiger partial charge in [-0.2, -0.15) is 0 Å². The van der Waals surface area contributed by atoms with Gasteiger partial charge in [0.2, 0.25) is 0 Å². The first-order valence-electron chi connectivity index (χ1n) is 6.66. The second-order valence-corrected chi connectivity index (χ2v) is 4.82. The largest absolute Gasteiger partial charge is 0.337 e. The number of hydrogen-bond acceptors (Lipinski definition) is 3. The lowest BCUT2D eigenvalue weighted by Crippen LogP contribution is -2.38. The summed E-state index contributed by atoms with van der Waals surface area (Å²) < 4.78 is 0. The summed E-state index contributed by atoms with van der Waals surface area (Å²) in [5.74, 6) is 0. The SMILES string of the molecule is CN(C)C(=O)NCCNCc1cccc2cnccc12. The number of hydrogen-bond donors (Lipinski definition) is 2. The van der Waals surface area contributed by atoms with Crippen LogP contribution in [0.3, 0.4) is 0 Å². The van der Waals surface area contributed by atoms with Gasteiger partial charge in [-0.1, -0.05) is 18.2 Å². The van der Waals surface area contributed by atoms with E-state index in [4.69, 9.17) is 0 Å². The molecule has 106 valence electrons. The van der Waals surface area contributed by atoms with Gasteiger partial charge in [-0.3, -0.25) is 4.98 Å². The van der Waals surface area contributed by atoms with Gasteiger partial charge in [0.05, 0.1) is 0 Å². The van der Waals surface area contributed by atoms with Crippen molar-refractivity contribution in [2.24, 2.45) is 0 Å². The number of pyridine rings is 1. The van der Waals surface area contributed by atoms with E-state index in [1.54, 1.807) is 14.1 Å². The minimum atomic E-state index is -0.0666. The maximum Gasteiger partial charge on any atom is 0.316 e. The quantitative estimate of drug-likeness (QED) is 0.813. The number of carbonyl (C=O) groups excluding carboxylic acids is 1. The molecule has 0 fully saturated rings. The van der Waals surface area contributed by atoms with Crippen LogP contribution in [0.2, 0.25) is 0 Å². The zero-order valence-corrected chi connectivity index (χ0v) is 11.9. The molecule has 0 aliphatic carbocycles. The Kier molecular flexibility index (Phi) is 4.90. The molecule has 20 heavy (non-hydrogen) atoms. The highest BCUT2D eigenvalue weighted by Gasteiger charge is 2.02. The van der Waals surface area contributed by atoms with E-state index in [-0.39, 0.29) is 6.03 Å². The Morgan fingerprint density at radius 1 is 1.25 bits per heavy atom. The molecular weight excluding hydrogens is 252 g/mol. The summed E-state index contributed by atoms with van der Waals surface area (Å²) in [5.41, 5.74) is 1.24. The van der Waals surface area contributed by atoms with Crippen LogP contribution >= 0.6 is 0 Å². The fourth-order valence-electron chi connectivity index (χ4n) is 1.98. The number of fused-ring (bicyclic) bond motifs is 1. The van der Waals surface area contributed by atoms with Crippen LogP contribution in [0.1, 0.15) is 5.56 Å². The standard InChI is InChI=1S/C15H20N4O/c1-19(2)15(20)18-9-8-17-11-13-5-3-4-12-10-16-7-6-14(12)13/h3-7,10,17H,8-9,11H2,1-2H3,(H,18,20). The highest BCUT2D eigenvalue weighted by Crippen LogP contribution is 2.16. The number of benzene rings is 1. The van der Waals surface area contributed by atoms with E-state index in [0.717, 1.165) is 18.5 Å². The van der Waals surface area contributed by atoms with E-state index >= 15 is 0 Å². The number of nitrogens with one attached hydrogen (secondary N) is 2. The van der Waals surface area contributed by atoms with Gasteiger partial charge in [-0.05, 0) is 17.0 Å². The van der Waals surface area contributed by atoms with Crippen molar-refractivity contribution in [2.45, 2.75) is 6.54 Å². The first-order chi connectivity index (χ1) is 9.68. The van der Waals surface area contributed by atoms with Gasteiger partial charge in [0.1, 0.15) is 0 Å². The minimum Gasteiger partial charge on any atom is -0.337 e. The first-order valence-corrected chi connectivity index (χ1v) is 6.66. The average Bonchev–Trinajstić information content (AvgIpc) is 2.46. The Balaban J connectivity index is 1.83. The van der Waals surface area contributed by atoms with Crippen molar-refractivity contribution in [3.63, 3.8) is 0 Å². The topological polar surface area (TPSA) is 57.3 Å². The summed E-state index contributed by atoms with van der Waals surface area (Å²) in [5, 5.41) is 8.52. The van der Waals surface area contributed by atoms with Crippen molar-refractivity contribution < 1.29 is 4.79 Å². The molecule has 0 radical (unpaired) electrons. The molecule has 0 unspecified atom stereocenters. The molecule has 2 aromatic rings. The van der Waals surface area contributed by atoms with Gasteiger partial charge >= 0.3 is 6.03 Å². The summed E-state index contributed by atoms with van der Waals surface area (Å²) >= 11 is 0. The van der Waals surface area contributed by atoms with Gasteiger partial charge in [0.25, 0.3) is 0 Å². The molecule has 5 heteroatoms. The molecule has 2 N–H and O–H groups in total. The van der Waals surface area contributed by atoms with E-state index in [2.05, 4.69) is 27.8 Å². The molecule has 1 aromatic carbocycles. The number of nitrogens with zero attached hydrogens (tertiary/aromatic N) is 2. The normalized spacial score (nSPS) is 10.5. The van der Waals surface area contributed by atoms with Gasteiger partial charge in [-0.25, -0.2) is 4.79 Å². The summed E-state index contributed by atoms with van der Waals surface area (Å²) in [4.78, 5) is 17.0. The molecule has 2 amide bonds. The van der Waals surface area contributed by atoms with Crippen molar-refractivity contribution in [3.05, 3.63) is 42.2 Å². The lowest BCUT2D eigenvalue weighted by Gasteiger charge is -2.12. The predicted molar refractivity (Wildman–Crippen MR) is 80.5 cm³/mol. The van der Waals surface area contributed by atoms with Crippen LogP contribution in [0.5, 0.6) is 0 Å². The maximum absolute atomic E-state index is 11.3. The summed E-state index contributed by atoms with van der Waals surface area (Å²) in [6.45, 7) is 2.13. The third-order valence-electron chi connectivity index (χ3n) is 3.07. The summed E-state index contributed by atoms with van der Waals surface area (Å²) in [6, 6.07) is 8.16. The number of aromatic nitrogens is 1. The van der Waals surface area contributed by atoms with E-state index in [0.29, 0.717) is 6.54 Å². The second-order valence-electron chi connectivity index (χ2n) is 4.82. The molecule has 0 aliphatic rings. The third-order valence-corrected chi connectivity index (χ3v) is 3.07. The van der Waals surface area contributed by atoms with Crippen LogP contribution in [-0.2, 0) is 6.54 Å². The van der Waals surface area contributed by atoms with Crippen molar-refractivity contribution in [1.29, 1.82) is 0 Å². The third kappa shape index (κ3) is 3.68. The fourth-order valence-corrected chi connectivity index (χ4v) is 1.98. The molecule has 5 nitrogen and oxygen atoms in total. The lowest BCUT2D eigenvalue weighted by atomic mass is 10.1. The van der Waals surface area contributed by atoms with E-state index < -0.39 is 0 Å². The molecule has 0 bridgehead atoms. The van der Waals surface area contributed by atoms with Gasteiger partial charge in [-0.15, -0.1) is 0 Å². The molecule has 1 heterocycles. The summed E-state index contributed by atoms with van der Waals surface area (Å²) in [6.07, 6.45) is 3.68. The van der Waals surface area contributed by atoms with Crippen LogP contribution in [0.4, 0.5) is 4.79 Å². The lowest BCUT2D eigenvalue weighted by molar-refractivity contribution is 0.217. The maximum atomic E-state index is 11.3. The second kappa shape index (κ2) is 6.86. The van der Waals surface area contributed by atoms with Crippen molar-refractivity contribution in [3.8, 4) is 0 Å². The van der Waals surface area contributed by atoms with Crippen LogP contribution in [-0.4, -0.2) is 43.1 Å². The van der Waals surface area contributed by atoms with E-state index in [1.165, 1.54) is 15.8 Å². The van der Waals surface area contributed by atoms with Crippen molar-refractivity contribution in [1.82, 2.24) is 20.5 Å². The summed E-state index contributed by atoms with van der Waals surface area (Å²) in [7, 11) is 3.46. The van der Waals surface area contributed by atoms with Crippen LogP contribution in [0.25, 0.3) is 10.8 Å². The molecule has 0 aliphatic heterocycles. The number of rotatable bonds is 5. The number of urea groups is 1. The van der Waals surface area contributed by atoms with Crippen LogP contribution in [0.15, 0.2) is 36.7 Å². The minimum absolute atomic E-state index is 0.0666. The van der Waals surface area contributed by atoms with Gasteiger partial charge < -0.3 is 15.5 Å². The van der Waals surface area contributed by atoms with Crippen molar-refractivity contribution >= 4 is 16.8 Å². The van der Waals surface area contributed by atoms with Gasteiger partial charge in [0, 0.05) is 51.5 Å². The average molecular weight is 272 g/mol. The molecule has 0 saturated carbocycles. The molecule has 1 aromatic heterocycles. The zero-order chi connectivity index (χ0) is 14.4. The fraction of sp³-hybridized carbons (Fsp3) is 0.333. The Labute approximate surface area is 119 Å². The number of carbonyl (C=O) groups is 1. The smallest absolute Gasteiger partial charge is 0.316 e. The molecule has 2 rings (SSSR count). The Bertz CT molecular complexity index is 578. The van der Waals surface area contributed by atoms with Gasteiger partial charge in [0.15, 0.2) is 0 Å². The van der Waals surface area contributed by atoms with E-state index in [1.807, 2.05) is 24.5 Å². The molecule has 0 saturated heterocycles. The molecule has 0 atom stereocenters. The molecular formula is C15H20N4O. The Hall–Kier alpha value is -2.14. The van der Waals surface area contributed by atoms with E-state index in [9.17, 15) is 4.79 Å². The Morgan fingerprint density at radius 3 is 2.90 bits per heavy atom. The van der Waals surface area contributed by atoms with Crippen molar-refractivity contribution in [2.75, 3.05) is 27.2 Å². The van der Waals surface area contributed by atoms with Crippen LogP contribution in [0, 0.1) is 0 Å². The highest BCUT2D eigenvalue weighted by atomic mass is 16.2.